The maximum Gasteiger partial charge on any atom is 0.280 e. The molecule has 39 heavy (non-hydrogen) atoms. The van der Waals surface area contributed by atoms with Crippen molar-refractivity contribution in [1.82, 2.24) is 24.1 Å². The molecule has 0 atom stereocenters. The molecular weight excluding hydrogens is 503 g/mol. The molecule has 0 saturated heterocycles. The Labute approximate surface area is 224 Å². The number of anilines is 1. The minimum absolute atomic E-state index is 0.0868. The Hall–Kier alpha value is -4.38. The normalized spacial score (nSPS) is 13.2. The van der Waals surface area contributed by atoms with Gasteiger partial charge in [-0.1, -0.05) is 51.1 Å². The fraction of sp³-hybridized carbons (Fsp3) is 0.321. The second-order valence-corrected chi connectivity index (χ2v) is 10.4. The number of ether oxygens (including phenoxy) is 1. The van der Waals surface area contributed by atoms with Gasteiger partial charge in [-0.15, -0.1) is 0 Å². The lowest BCUT2D eigenvalue weighted by atomic mass is 9.93. The average molecular weight is 533 g/mol. The highest BCUT2D eigenvalue weighted by Crippen LogP contribution is 2.26. The van der Waals surface area contributed by atoms with Crippen molar-refractivity contribution in [3.63, 3.8) is 0 Å². The number of carbonyl (C=O) groups is 2. The third kappa shape index (κ3) is 5.44. The quantitative estimate of drug-likeness (QED) is 0.349. The molecule has 3 aromatic heterocycles. The fourth-order valence-electron chi connectivity index (χ4n) is 4.44. The second-order valence-electron chi connectivity index (χ2n) is 10.4. The van der Waals surface area contributed by atoms with Gasteiger partial charge in [-0.2, -0.15) is 9.61 Å². The minimum Gasteiger partial charge on any atom is -0.375 e. The van der Waals surface area contributed by atoms with Crippen molar-refractivity contribution in [3.05, 3.63) is 93.4 Å². The van der Waals surface area contributed by atoms with Gasteiger partial charge in [-0.3, -0.25) is 14.4 Å². The van der Waals surface area contributed by atoms with Crippen molar-refractivity contribution in [2.45, 2.75) is 45.9 Å². The molecule has 1 aliphatic heterocycles. The number of hydrogen-bond donors (Lipinski definition) is 1. The van der Waals surface area contributed by atoms with E-state index in [1.54, 1.807) is 6.07 Å². The van der Waals surface area contributed by atoms with E-state index in [9.17, 15) is 18.8 Å². The second kappa shape index (κ2) is 10.4. The number of pyridine rings is 1. The van der Waals surface area contributed by atoms with Gasteiger partial charge in [0.1, 0.15) is 29.5 Å². The molecule has 10 nitrogen and oxygen atoms in total. The van der Waals surface area contributed by atoms with Gasteiger partial charge >= 0.3 is 0 Å². The predicted octanol–water partition coefficient (Wildman–Crippen LogP) is 3.14. The molecule has 4 heterocycles. The van der Waals surface area contributed by atoms with Crippen molar-refractivity contribution < 1.29 is 18.7 Å². The van der Waals surface area contributed by atoms with Crippen LogP contribution in [-0.2, 0) is 34.6 Å². The van der Waals surface area contributed by atoms with Crippen LogP contribution in [0, 0.1) is 5.82 Å². The van der Waals surface area contributed by atoms with Gasteiger partial charge in [0.2, 0.25) is 5.91 Å². The van der Waals surface area contributed by atoms with Crippen molar-refractivity contribution in [2.75, 3.05) is 18.5 Å². The zero-order valence-electron chi connectivity index (χ0n) is 22.0. The molecule has 202 valence electrons. The monoisotopic (exact) mass is 532 g/mol. The smallest absolute Gasteiger partial charge is 0.280 e. The Morgan fingerprint density at radius 1 is 1.13 bits per heavy atom. The minimum atomic E-state index is -0.527. The summed E-state index contributed by atoms with van der Waals surface area (Å²) in [5, 5.41) is 7.14. The van der Waals surface area contributed by atoms with Crippen molar-refractivity contribution in [3.8, 4) is 0 Å². The van der Waals surface area contributed by atoms with E-state index in [1.807, 2.05) is 51.1 Å². The molecule has 1 aromatic carbocycles. The van der Waals surface area contributed by atoms with E-state index in [4.69, 9.17) is 4.74 Å². The molecule has 1 N–H and O–H groups in total. The molecule has 1 aliphatic rings. The highest BCUT2D eigenvalue weighted by molar-refractivity contribution is 5.98. The van der Waals surface area contributed by atoms with Gasteiger partial charge in [0.15, 0.2) is 0 Å². The van der Waals surface area contributed by atoms with Gasteiger partial charge in [-0.05, 0) is 17.7 Å². The summed E-state index contributed by atoms with van der Waals surface area (Å²) in [7, 11) is 0. The van der Waals surface area contributed by atoms with E-state index in [1.165, 1.54) is 26.1 Å². The average Bonchev–Trinajstić information content (AvgIpc) is 3.49. The number of benzene rings is 1. The number of aromatic nitrogens is 4. The van der Waals surface area contributed by atoms with Crippen LogP contribution < -0.4 is 10.9 Å². The molecule has 0 radical (unpaired) electrons. The Balaban J connectivity index is 1.43. The predicted molar refractivity (Wildman–Crippen MR) is 142 cm³/mol. The summed E-state index contributed by atoms with van der Waals surface area (Å²) in [5.41, 5.74) is 1.66. The van der Waals surface area contributed by atoms with E-state index in [0.29, 0.717) is 17.9 Å². The molecule has 5 rings (SSSR count). The van der Waals surface area contributed by atoms with E-state index < -0.39 is 17.3 Å². The van der Waals surface area contributed by atoms with Gasteiger partial charge in [0, 0.05) is 18.0 Å². The zero-order chi connectivity index (χ0) is 27.7. The summed E-state index contributed by atoms with van der Waals surface area (Å²) in [6.45, 7) is 6.68. The Kier molecular flexibility index (Phi) is 7.00. The van der Waals surface area contributed by atoms with E-state index in [-0.39, 0.29) is 54.6 Å². The summed E-state index contributed by atoms with van der Waals surface area (Å²) in [6.07, 6.45) is 0.999. The summed E-state index contributed by atoms with van der Waals surface area (Å²) in [6, 6.07) is 14.0. The first-order chi connectivity index (χ1) is 18.6. The summed E-state index contributed by atoms with van der Waals surface area (Å²) >= 11 is 0. The van der Waals surface area contributed by atoms with Gasteiger partial charge < -0.3 is 19.5 Å². The van der Waals surface area contributed by atoms with Crippen LogP contribution in [0.4, 0.5) is 10.2 Å². The lowest BCUT2D eigenvalue weighted by Gasteiger charge is -2.16. The van der Waals surface area contributed by atoms with Crippen LogP contribution in [0.2, 0.25) is 0 Å². The Morgan fingerprint density at radius 2 is 1.90 bits per heavy atom. The number of nitrogens with one attached hydrogen (secondary N) is 1. The number of rotatable bonds is 8. The van der Waals surface area contributed by atoms with E-state index in [0.717, 1.165) is 11.8 Å². The number of amides is 2. The van der Waals surface area contributed by atoms with E-state index >= 15 is 0 Å². The van der Waals surface area contributed by atoms with Gasteiger partial charge in [0.25, 0.3) is 11.5 Å². The van der Waals surface area contributed by atoms with Crippen LogP contribution in [0.15, 0.2) is 59.5 Å². The largest absolute Gasteiger partial charge is 0.375 e. The highest BCUT2D eigenvalue weighted by Gasteiger charge is 2.35. The van der Waals surface area contributed by atoms with Crippen LogP contribution in [0.5, 0.6) is 0 Å². The molecular formula is C28H29FN6O4. The standard InChI is InChI=1S/C28H29FN6O4/c1-28(2,3)21-13-24-34(16-23(36)31-22-10-9-19(29)14-30-22)25-20(26(37)35(24)32-21)15-33(27(25)38)11-12-39-17-18-7-5-4-6-8-18/h4-10,13-14H,11-12,15-17H2,1-3H3,(H,30,31,36). The number of fused-ring (bicyclic) bond motifs is 2. The molecule has 0 unspecified atom stereocenters. The van der Waals surface area contributed by atoms with Crippen molar-refractivity contribution in [1.29, 1.82) is 0 Å². The molecule has 0 bridgehead atoms. The topological polar surface area (TPSA) is 111 Å². The molecule has 11 heteroatoms. The molecule has 4 aromatic rings. The number of carbonyl (C=O) groups excluding carboxylic acids is 2. The first kappa shape index (κ1) is 26.2. The van der Waals surface area contributed by atoms with Crippen molar-refractivity contribution in [2.24, 2.45) is 0 Å². The third-order valence-corrected chi connectivity index (χ3v) is 6.49. The van der Waals surface area contributed by atoms with Crippen LogP contribution in [0.1, 0.15) is 48.1 Å². The van der Waals surface area contributed by atoms with Gasteiger partial charge in [-0.25, -0.2) is 9.37 Å². The SMILES string of the molecule is CC(C)(C)c1cc2n(CC(=O)Nc3ccc(F)cn3)c3c(c(=O)n2n1)CN(CCOCc1ccccc1)C3=O. The van der Waals surface area contributed by atoms with E-state index in [2.05, 4.69) is 15.4 Å². The molecule has 2 amide bonds. The number of hydrogen-bond acceptors (Lipinski definition) is 6. The van der Waals surface area contributed by atoms with Crippen LogP contribution in [0.25, 0.3) is 5.65 Å². The summed E-state index contributed by atoms with van der Waals surface area (Å²) < 4.78 is 21.8. The first-order valence-electron chi connectivity index (χ1n) is 12.6. The fourth-order valence-corrected chi connectivity index (χ4v) is 4.44. The van der Waals surface area contributed by atoms with Crippen molar-refractivity contribution >= 4 is 23.3 Å². The lowest BCUT2D eigenvalue weighted by molar-refractivity contribution is -0.116. The molecule has 0 fully saturated rings. The van der Waals surface area contributed by atoms with Crippen LogP contribution in [0.3, 0.4) is 0 Å². The summed E-state index contributed by atoms with van der Waals surface area (Å²) in [4.78, 5) is 45.4. The lowest BCUT2D eigenvalue weighted by Crippen LogP contribution is -2.31. The maximum atomic E-state index is 13.6. The first-order valence-corrected chi connectivity index (χ1v) is 12.6. The summed E-state index contributed by atoms with van der Waals surface area (Å²) in [5.74, 6) is -1.21. The number of halogens is 1. The Morgan fingerprint density at radius 3 is 2.59 bits per heavy atom. The number of nitrogens with zero attached hydrogens (tertiary/aromatic N) is 5. The Bertz CT molecular complexity index is 1590. The molecule has 0 saturated carbocycles. The zero-order valence-corrected chi connectivity index (χ0v) is 22.0. The van der Waals surface area contributed by atoms with Gasteiger partial charge in [0.05, 0.1) is 37.2 Å². The third-order valence-electron chi connectivity index (χ3n) is 6.49. The highest BCUT2D eigenvalue weighted by atomic mass is 19.1. The van der Waals surface area contributed by atoms with Crippen LogP contribution >= 0.6 is 0 Å². The van der Waals surface area contributed by atoms with Crippen LogP contribution in [-0.4, -0.2) is 49.0 Å². The molecule has 0 aliphatic carbocycles. The molecule has 0 spiro atoms. The maximum absolute atomic E-state index is 13.6.